The smallest absolute Gasteiger partial charge is 0.410 e. The van der Waals surface area contributed by atoms with E-state index in [0.717, 1.165) is 46.3 Å². The molecule has 1 fully saturated rings. The van der Waals surface area contributed by atoms with Crippen molar-refractivity contribution in [2.24, 2.45) is 0 Å². The molecule has 1 N–H and O–H groups in total. The zero-order chi connectivity index (χ0) is 18.3. The fourth-order valence-corrected chi connectivity index (χ4v) is 5.78. The highest BCUT2D eigenvalue weighted by Crippen LogP contribution is 2.34. The lowest BCUT2D eigenvalue weighted by Crippen LogP contribution is -2.36. The molecule has 8 heteroatoms. The average molecular weight is 394 g/mol. The predicted octanol–water partition coefficient (Wildman–Crippen LogP) is 4.14. The quantitative estimate of drug-likeness (QED) is 0.779. The Morgan fingerprint density at radius 3 is 2.85 bits per heavy atom. The number of nitrogens with zero attached hydrogens (tertiary/aromatic N) is 2. The van der Waals surface area contributed by atoms with E-state index in [2.05, 4.69) is 4.98 Å². The summed E-state index contributed by atoms with van der Waals surface area (Å²) in [6.45, 7) is 3.25. The first kappa shape index (κ1) is 17.7. The summed E-state index contributed by atoms with van der Waals surface area (Å²) in [5, 5.41) is 0.771. The van der Waals surface area contributed by atoms with E-state index in [9.17, 15) is 9.59 Å². The van der Waals surface area contributed by atoms with E-state index in [1.54, 1.807) is 11.8 Å². The second-order valence-corrected chi connectivity index (χ2v) is 8.47. The summed E-state index contributed by atoms with van der Waals surface area (Å²) >= 11 is 7.05. The molecule has 26 heavy (non-hydrogen) atoms. The lowest BCUT2D eigenvalue weighted by Gasteiger charge is -2.26. The summed E-state index contributed by atoms with van der Waals surface area (Å²) < 4.78 is 7.44. The Bertz CT molecular complexity index is 953. The molecule has 0 saturated heterocycles. The molecule has 2 aliphatic rings. The van der Waals surface area contributed by atoms with E-state index in [4.69, 9.17) is 17.0 Å². The molecule has 1 saturated carbocycles. The summed E-state index contributed by atoms with van der Waals surface area (Å²) in [5.41, 5.74) is 1.11. The lowest BCUT2D eigenvalue weighted by atomic mass is 9.95. The molecule has 1 amide bonds. The Hall–Kier alpha value is -1.67. The highest BCUT2D eigenvalue weighted by atomic mass is 32.1. The average Bonchev–Trinajstić information content (AvgIpc) is 3.00. The summed E-state index contributed by atoms with van der Waals surface area (Å²) in [6, 6.07) is 0.208. The molecular formula is C18H23N3O3S2. The molecule has 0 unspecified atom stereocenters. The Balaban J connectivity index is 1.76. The van der Waals surface area contributed by atoms with Gasteiger partial charge in [-0.2, -0.15) is 0 Å². The normalized spacial score (nSPS) is 18.1. The number of rotatable bonds is 2. The first-order valence-electron chi connectivity index (χ1n) is 9.31. The van der Waals surface area contributed by atoms with E-state index in [1.165, 1.54) is 17.8 Å². The number of aromatic amines is 1. The summed E-state index contributed by atoms with van der Waals surface area (Å²) in [4.78, 5) is 32.2. The number of hydrogen-bond acceptors (Lipinski definition) is 5. The lowest BCUT2D eigenvalue weighted by molar-refractivity contribution is 0.103. The number of ether oxygens (including phenoxy) is 1. The summed E-state index contributed by atoms with van der Waals surface area (Å²) in [7, 11) is 0. The Kier molecular flexibility index (Phi) is 4.88. The van der Waals surface area contributed by atoms with Crippen molar-refractivity contribution >= 4 is 39.9 Å². The van der Waals surface area contributed by atoms with Gasteiger partial charge in [0.1, 0.15) is 4.83 Å². The first-order chi connectivity index (χ1) is 12.6. The van der Waals surface area contributed by atoms with Crippen molar-refractivity contribution in [3.05, 3.63) is 25.6 Å². The van der Waals surface area contributed by atoms with Crippen molar-refractivity contribution in [1.29, 1.82) is 0 Å². The Morgan fingerprint density at radius 1 is 1.35 bits per heavy atom. The number of aromatic nitrogens is 2. The molecule has 6 nitrogen and oxygen atoms in total. The fourth-order valence-electron chi connectivity index (χ4n) is 4.13. The largest absolute Gasteiger partial charge is 0.450 e. The number of carbonyl (C=O) groups excluding carboxylic acids is 1. The monoisotopic (exact) mass is 393 g/mol. The van der Waals surface area contributed by atoms with Gasteiger partial charge < -0.3 is 14.6 Å². The van der Waals surface area contributed by atoms with Gasteiger partial charge in [0.05, 0.1) is 18.5 Å². The molecule has 0 radical (unpaired) electrons. The van der Waals surface area contributed by atoms with Crippen molar-refractivity contribution in [3.8, 4) is 0 Å². The molecule has 1 aliphatic carbocycles. The van der Waals surface area contributed by atoms with Crippen LogP contribution in [0.4, 0.5) is 4.79 Å². The number of amides is 1. The van der Waals surface area contributed by atoms with Gasteiger partial charge in [-0.1, -0.05) is 19.3 Å². The van der Waals surface area contributed by atoms with Gasteiger partial charge in [0.15, 0.2) is 4.77 Å². The molecule has 2 aromatic rings. The Morgan fingerprint density at radius 2 is 2.12 bits per heavy atom. The van der Waals surface area contributed by atoms with Gasteiger partial charge >= 0.3 is 6.09 Å². The van der Waals surface area contributed by atoms with Crippen molar-refractivity contribution in [1.82, 2.24) is 14.5 Å². The van der Waals surface area contributed by atoms with Gasteiger partial charge in [0.2, 0.25) is 0 Å². The van der Waals surface area contributed by atoms with E-state index in [0.29, 0.717) is 30.9 Å². The van der Waals surface area contributed by atoms with Crippen LogP contribution in [0.5, 0.6) is 0 Å². The standard InChI is InChI=1S/C18H23N3O3S2/c1-2-24-18(23)20-9-8-12-13(10-20)26-15-14(12)16(22)21(17(25)19-15)11-6-4-3-5-7-11/h11H,2-10H2,1H3,(H,19,25). The number of thiophene rings is 1. The van der Waals surface area contributed by atoms with Crippen LogP contribution in [-0.4, -0.2) is 33.7 Å². The van der Waals surface area contributed by atoms with Crippen LogP contribution in [-0.2, 0) is 17.7 Å². The molecule has 0 bridgehead atoms. The third kappa shape index (κ3) is 2.99. The van der Waals surface area contributed by atoms with Gasteiger partial charge in [-0.3, -0.25) is 9.36 Å². The number of nitrogens with one attached hydrogen (secondary N) is 1. The molecular weight excluding hydrogens is 370 g/mol. The Labute approximate surface area is 160 Å². The molecule has 0 aromatic carbocycles. The SMILES string of the molecule is CCOC(=O)N1CCc2c(sc3[nH]c(=S)n(C4CCCCC4)c(=O)c23)C1. The summed E-state index contributed by atoms with van der Waals surface area (Å²) in [6.07, 6.45) is 5.97. The number of H-pyrrole nitrogens is 1. The van der Waals surface area contributed by atoms with Crippen LogP contribution in [0.25, 0.3) is 10.2 Å². The highest BCUT2D eigenvalue weighted by molar-refractivity contribution is 7.71. The zero-order valence-electron chi connectivity index (χ0n) is 14.9. The second-order valence-electron chi connectivity index (χ2n) is 6.98. The summed E-state index contributed by atoms with van der Waals surface area (Å²) in [5.74, 6) is 0. The third-order valence-electron chi connectivity index (χ3n) is 5.39. The molecule has 0 atom stereocenters. The van der Waals surface area contributed by atoms with E-state index in [1.807, 2.05) is 4.57 Å². The number of fused-ring (bicyclic) bond motifs is 3. The highest BCUT2D eigenvalue weighted by Gasteiger charge is 2.28. The van der Waals surface area contributed by atoms with Crippen molar-refractivity contribution < 1.29 is 9.53 Å². The van der Waals surface area contributed by atoms with Gasteiger partial charge in [-0.25, -0.2) is 4.79 Å². The van der Waals surface area contributed by atoms with Gasteiger partial charge in [-0.05, 0) is 44.0 Å². The predicted molar refractivity (Wildman–Crippen MR) is 105 cm³/mol. The van der Waals surface area contributed by atoms with E-state index >= 15 is 0 Å². The van der Waals surface area contributed by atoms with E-state index < -0.39 is 0 Å². The topological polar surface area (TPSA) is 67.3 Å². The van der Waals surface area contributed by atoms with Crippen LogP contribution in [0, 0.1) is 4.77 Å². The number of hydrogen-bond donors (Lipinski definition) is 1. The molecule has 4 rings (SSSR count). The molecule has 140 valence electrons. The van der Waals surface area contributed by atoms with Crippen LogP contribution in [0.1, 0.15) is 55.5 Å². The minimum atomic E-state index is -0.289. The van der Waals surface area contributed by atoms with Crippen molar-refractivity contribution in [2.75, 3.05) is 13.2 Å². The molecule has 1 aliphatic heterocycles. The van der Waals surface area contributed by atoms with Crippen LogP contribution < -0.4 is 5.56 Å². The number of carbonyl (C=O) groups is 1. The maximum Gasteiger partial charge on any atom is 0.410 e. The maximum atomic E-state index is 13.3. The molecule has 0 spiro atoms. The van der Waals surface area contributed by atoms with Crippen molar-refractivity contribution in [3.63, 3.8) is 0 Å². The van der Waals surface area contributed by atoms with Gasteiger partial charge in [-0.15, -0.1) is 11.3 Å². The first-order valence-corrected chi connectivity index (χ1v) is 10.5. The zero-order valence-corrected chi connectivity index (χ0v) is 16.5. The third-order valence-corrected chi connectivity index (χ3v) is 6.83. The molecule has 2 aromatic heterocycles. The van der Waals surface area contributed by atoms with Gasteiger partial charge in [0.25, 0.3) is 5.56 Å². The second kappa shape index (κ2) is 7.15. The van der Waals surface area contributed by atoms with Gasteiger partial charge in [0, 0.05) is 17.5 Å². The van der Waals surface area contributed by atoms with Crippen LogP contribution in [0.15, 0.2) is 4.79 Å². The van der Waals surface area contributed by atoms with Crippen LogP contribution in [0.2, 0.25) is 0 Å². The van der Waals surface area contributed by atoms with E-state index in [-0.39, 0.29) is 17.7 Å². The minimum Gasteiger partial charge on any atom is -0.450 e. The maximum absolute atomic E-state index is 13.3. The molecule has 3 heterocycles. The minimum absolute atomic E-state index is 0.0396. The fraction of sp³-hybridized carbons (Fsp3) is 0.611. The van der Waals surface area contributed by atoms with Crippen LogP contribution >= 0.6 is 23.6 Å². The van der Waals surface area contributed by atoms with Crippen molar-refractivity contribution in [2.45, 2.75) is 58.0 Å². The van der Waals surface area contributed by atoms with Crippen LogP contribution in [0.3, 0.4) is 0 Å².